The third kappa shape index (κ3) is 5.59. The van der Waals surface area contributed by atoms with Crippen LogP contribution in [0.3, 0.4) is 0 Å². The Morgan fingerprint density at radius 1 is 0.540 bits per heavy atom. The molecule has 270 valence electrons. The highest BCUT2D eigenvalue weighted by Crippen LogP contribution is 2.58. The molecule has 0 radical (unpaired) electrons. The van der Waals surface area contributed by atoms with Gasteiger partial charge in [0.2, 0.25) is 0 Å². The molecular formula is C46H64N2O2. The predicted octanol–water partition coefficient (Wildman–Crippen LogP) is 9.64. The Hall–Kier alpha value is -2.04. The summed E-state index contributed by atoms with van der Waals surface area (Å²) in [6.45, 7) is 6.92. The van der Waals surface area contributed by atoms with Gasteiger partial charge in [-0.1, -0.05) is 50.7 Å². The number of hydrogen-bond acceptors (Lipinski definition) is 4. The number of hydrogen-bond donors (Lipinski definition) is 0. The van der Waals surface area contributed by atoms with Crippen LogP contribution in [0.25, 0.3) is 0 Å². The third-order valence-corrected chi connectivity index (χ3v) is 16.4. The quantitative estimate of drug-likeness (QED) is 0.221. The minimum absolute atomic E-state index is 0.403. The van der Waals surface area contributed by atoms with E-state index in [1.165, 1.54) is 142 Å². The van der Waals surface area contributed by atoms with Crippen LogP contribution >= 0.6 is 0 Å². The van der Waals surface area contributed by atoms with Crippen LogP contribution in [0.1, 0.15) is 138 Å². The van der Waals surface area contributed by atoms with Crippen molar-refractivity contribution in [2.24, 2.45) is 23.7 Å². The molecule has 0 amide bonds. The lowest BCUT2D eigenvalue weighted by Gasteiger charge is -2.59. The summed E-state index contributed by atoms with van der Waals surface area (Å²) in [6, 6.07) is 16.0. The van der Waals surface area contributed by atoms with Crippen LogP contribution < -0.4 is 9.47 Å². The van der Waals surface area contributed by atoms with E-state index in [-0.39, 0.29) is 0 Å². The van der Waals surface area contributed by atoms with Gasteiger partial charge >= 0.3 is 0 Å². The molecular weight excluding hydrogens is 613 g/mol. The first-order valence-corrected chi connectivity index (χ1v) is 21.7. The molecule has 50 heavy (non-hydrogen) atoms. The molecule has 0 N–H and O–H groups in total. The Labute approximate surface area is 303 Å². The van der Waals surface area contributed by atoms with Crippen molar-refractivity contribution in [2.75, 3.05) is 39.4 Å². The summed E-state index contributed by atoms with van der Waals surface area (Å²) in [5, 5.41) is 0. The van der Waals surface area contributed by atoms with Crippen LogP contribution in [0.5, 0.6) is 11.5 Å². The fraction of sp³-hybridized carbons (Fsp3) is 0.739. The minimum Gasteiger partial charge on any atom is -0.494 e. The Morgan fingerprint density at radius 3 is 1.46 bits per heavy atom. The number of unbranched alkanes of at least 4 members (excludes halogenated alkanes) is 1. The third-order valence-electron chi connectivity index (χ3n) is 16.4. The predicted molar refractivity (Wildman–Crippen MR) is 202 cm³/mol. The number of nitrogens with zero attached hydrogens (tertiary/aromatic N) is 2. The summed E-state index contributed by atoms with van der Waals surface area (Å²) in [7, 11) is 0. The Balaban J connectivity index is 0.752. The van der Waals surface area contributed by atoms with Gasteiger partial charge in [-0.15, -0.1) is 0 Å². The summed E-state index contributed by atoms with van der Waals surface area (Å²) in [5.74, 6) is 5.86. The normalized spacial score (nSPS) is 35.1. The molecule has 2 heterocycles. The van der Waals surface area contributed by atoms with E-state index < -0.39 is 0 Å². The van der Waals surface area contributed by atoms with Crippen molar-refractivity contribution in [3.63, 3.8) is 0 Å². The van der Waals surface area contributed by atoms with Crippen LogP contribution in [0, 0.1) is 23.7 Å². The molecule has 2 aliphatic heterocycles. The van der Waals surface area contributed by atoms with E-state index in [1.54, 1.807) is 22.3 Å². The Bertz CT molecular complexity index is 1420. The fourth-order valence-electron chi connectivity index (χ4n) is 13.4. The highest BCUT2D eigenvalue weighted by molar-refractivity contribution is 5.47. The zero-order valence-corrected chi connectivity index (χ0v) is 31.0. The molecule has 10 rings (SSSR count). The van der Waals surface area contributed by atoms with Gasteiger partial charge in [-0.3, -0.25) is 9.80 Å². The fourth-order valence-corrected chi connectivity index (χ4v) is 13.4. The molecule has 2 aromatic carbocycles. The molecule has 0 spiro atoms. The average molecular weight is 677 g/mol. The van der Waals surface area contributed by atoms with Gasteiger partial charge in [-0.2, -0.15) is 0 Å². The minimum atomic E-state index is 0.403. The van der Waals surface area contributed by atoms with Crippen molar-refractivity contribution in [1.29, 1.82) is 0 Å². The molecule has 6 fully saturated rings. The molecule has 2 unspecified atom stereocenters. The van der Waals surface area contributed by atoms with Gasteiger partial charge in [0.05, 0.1) is 13.2 Å². The van der Waals surface area contributed by atoms with E-state index >= 15 is 0 Å². The van der Waals surface area contributed by atoms with E-state index in [0.717, 1.165) is 73.3 Å². The molecule has 2 aromatic rings. The lowest BCUT2D eigenvalue weighted by molar-refractivity contribution is -0.0241. The van der Waals surface area contributed by atoms with Gasteiger partial charge in [-0.25, -0.2) is 0 Å². The van der Waals surface area contributed by atoms with Gasteiger partial charge < -0.3 is 9.47 Å². The van der Waals surface area contributed by atoms with Crippen molar-refractivity contribution in [3.8, 4) is 11.5 Å². The van der Waals surface area contributed by atoms with E-state index in [4.69, 9.17) is 9.47 Å². The average Bonchev–Trinajstić information content (AvgIpc) is 3.11. The lowest BCUT2D eigenvalue weighted by atomic mass is 9.52. The van der Waals surface area contributed by atoms with E-state index in [9.17, 15) is 0 Å². The van der Waals surface area contributed by atoms with Gasteiger partial charge in [0, 0.05) is 36.0 Å². The number of ether oxygens (including phenoxy) is 2. The molecule has 4 nitrogen and oxygen atoms in total. The first-order valence-electron chi connectivity index (χ1n) is 21.7. The highest BCUT2D eigenvalue weighted by atomic mass is 16.5. The summed E-state index contributed by atoms with van der Waals surface area (Å²) in [5.41, 5.74) is 7.41. The Morgan fingerprint density at radius 2 is 1.02 bits per heavy atom. The second kappa shape index (κ2) is 13.4. The van der Waals surface area contributed by atoms with Gasteiger partial charge in [-0.05, 0) is 173 Å². The second-order valence-electron chi connectivity index (χ2n) is 18.7. The van der Waals surface area contributed by atoms with Crippen molar-refractivity contribution < 1.29 is 9.47 Å². The van der Waals surface area contributed by atoms with Crippen LogP contribution in [0.2, 0.25) is 0 Å². The zero-order chi connectivity index (χ0) is 33.1. The van der Waals surface area contributed by atoms with Crippen LogP contribution in [0.15, 0.2) is 36.4 Å². The number of fused-ring (bicyclic) bond motifs is 2. The zero-order valence-electron chi connectivity index (χ0n) is 31.0. The van der Waals surface area contributed by atoms with E-state index in [1.807, 2.05) is 0 Å². The van der Waals surface area contributed by atoms with Gasteiger partial charge in [0.15, 0.2) is 0 Å². The van der Waals surface area contributed by atoms with Crippen molar-refractivity contribution in [1.82, 2.24) is 9.80 Å². The lowest BCUT2D eigenvalue weighted by Crippen LogP contribution is -2.61. The van der Waals surface area contributed by atoms with Crippen molar-refractivity contribution in [3.05, 3.63) is 58.7 Å². The summed E-state index contributed by atoms with van der Waals surface area (Å²) >= 11 is 0. The molecule has 4 heteroatoms. The molecule has 0 aromatic heterocycles. The van der Waals surface area contributed by atoms with E-state index in [0.29, 0.717) is 10.8 Å². The molecule has 4 saturated carbocycles. The number of likely N-dealkylation sites (tertiary alicyclic amines) is 2. The van der Waals surface area contributed by atoms with Crippen LogP contribution in [-0.2, 0) is 23.7 Å². The summed E-state index contributed by atoms with van der Waals surface area (Å²) < 4.78 is 13.0. The van der Waals surface area contributed by atoms with Gasteiger partial charge in [0.1, 0.15) is 11.5 Å². The van der Waals surface area contributed by atoms with Gasteiger partial charge in [0.25, 0.3) is 0 Å². The van der Waals surface area contributed by atoms with Crippen LogP contribution in [-0.4, -0.2) is 61.3 Å². The number of piperidine rings is 2. The Kier molecular flexibility index (Phi) is 8.75. The number of rotatable bonds is 11. The number of benzene rings is 2. The highest BCUT2D eigenvalue weighted by Gasteiger charge is 2.55. The monoisotopic (exact) mass is 676 g/mol. The molecule has 4 bridgehead atoms. The molecule has 6 atom stereocenters. The van der Waals surface area contributed by atoms with Crippen molar-refractivity contribution >= 4 is 0 Å². The summed E-state index contributed by atoms with van der Waals surface area (Å²) in [4.78, 5) is 5.89. The summed E-state index contributed by atoms with van der Waals surface area (Å²) in [6.07, 6.45) is 27.4. The topological polar surface area (TPSA) is 24.9 Å². The smallest absolute Gasteiger partial charge is 0.119 e. The maximum Gasteiger partial charge on any atom is 0.119 e. The molecule has 6 aliphatic carbocycles. The maximum absolute atomic E-state index is 6.49. The maximum atomic E-state index is 6.49. The largest absolute Gasteiger partial charge is 0.494 e. The van der Waals surface area contributed by atoms with E-state index in [2.05, 4.69) is 46.2 Å². The first-order chi connectivity index (χ1) is 24.7. The second-order valence-corrected chi connectivity index (χ2v) is 18.7. The standard InChI is InChI=1S/C46H64N2O2/c1-3-19-45-21-23-47(31-33-9-7-10-33)43(39(45)13-1)27-35-15-17-37(29-41(35)45)49-25-5-6-26-50-38-18-16-36-28-44-40-14-2-4-20-46(40,42(36)30-38)22-24-48(44)32-34-11-8-12-34/h15-18,29-30,33-34,39-40,43-44H,1-14,19-28,31-32H2/t39-,40-,43?,44?,45+,46+/m0/s1. The van der Waals surface area contributed by atoms with Crippen LogP contribution in [0.4, 0.5) is 0 Å². The molecule has 8 aliphatic rings. The van der Waals surface area contributed by atoms with Crippen molar-refractivity contribution in [2.45, 2.75) is 151 Å². The SMILES string of the molecule is c1cc2c(cc1OCCCCOc1ccc3c(c1)[C@@]14CCCC[C@H]1C(C3)N(CC1CCC1)CC4)[C@@]13CCCC[C@H]1C(C2)N(CC1CCC1)CC3. The molecule has 2 saturated heterocycles. The first kappa shape index (κ1) is 32.6.